The van der Waals surface area contributed by atoms with Gasteiger partial charge in [0.15, 0.2) is 0 Å². The third kappa shape index (κ3) is 3.96. The summed E-state index contributed by atoms with van der Waals surface area (Å²) < 4.78 is 6.50. The average Bonchev–Trinajstić information content (AvgIpc) is 2.41. The van der Waals surface area contributed by atoms with E-state index in [0.717, 1.165) is 15.0 Å². The Labute approximate surface area is 132 Å². The normalized spacial score (nSPS) is 10.4. The molecule has 0 bridgehead atoms. The van der Waals surface area contributed by atoms with Crippen LogP contribution in [-0.2, 0) is 0 Å². The van der Waals surface area contributed by atoms with Crippen molar-refractivity contribution in [2.75, 3.05) is 5.32 Å². The minimum Gasteiger partial charge on any atom is -0.491 e. The van der Waals surface area contributed by atoms with Crippen molar-refractivity contribution >= 4 is 34.2 Å². The quantitative estimate of drug-likeness (QED) is 0.801. The van der Waals surface area contributed by atoms with E-state index in [1.54, 1.807) is 0 Å². The lowest BCUT2D eigenvalue weighted by atomic mass is 10.2. The summed E-state index contributed by atoms with van der Waals surface area (Å²) in [4.78, 5) is 12.2. The first-order valence-electron chi connectivity index (χ1n) is 6.39. The van der Waals surface area contributed by atoms with Crippen LogP contribution < -0.4 is 10.1 Å². The molecule has 1 N–H and O–H groups in total. The van der Waals surface area contributed by atoms with Crippen LogP contribution in [0.1, 0.15) is 24.2 Å². The van der Waals surface area contributed by atoms with E-state index in [2.05, 4.69) is 27.9 Å². The van der Waals surface area contributed by atoms with Gasteiger partial charge >= 0.3 is 0 Å². The van der Waals surface area contributed by atoms with E-state index in [9.17, 15) is 4.79 Å². The molecule has 0 saturated carbocycles. The highest BCUT2D eigenvalue weighted by Gasteiger charge is 2.09. The number of halogens is 1. The molecule has 1 amide bonds. The summed E-state index contributed by atoms with van der Waals surface area (Å²) in [6.07, 6.45) is 0.140. The number of anilines is 1. The Kier molecular flexibility index (Phi) is 5.00. The van der Waals surface area contributed by atoms with Crippen molar-refractivity contribution in [3.8, 4) is 5.75 Å². The molecule has 0 heterocycles. The van der Waals surface area contributed by atoms with Crippen molar-refractivity contribution in [1.29, 1.82) is 0 Å². The van der Waals surface area contributed by atoms with E-state index in [1.165, 1.54) is 0 Å². The van der Waals surface area contributed by atoms with Crippen LogP contribution >= 0.6 is 22.6 Å². The van der Waals surface area contributed by atoms with Crippen LogP contribution in [0.4, 0.5) is 5.69 Å². The zero-order chi connectivity index (χ0) is 14.5. The summed E-state index contributed by atoms with van der Waals surface area (Å²) in [5.41, 5.74) is 1.43. The van der Waals surface area contributed by atoms with E-state index in [4.69, 9.17) is 4.74 Å². The molecule has 0 atom stereocenters. The minimum absolute atomic E-state index is 0.104. The first-order valence-corrected chi connectivity index (χ1v) is 7.47. The molecule has 0 aliphatic rings. The van der Waals surface area contributed by atoms with Gasteiger partial charge in [-0.1, -0.05) is 12.1 Å². The fraction of sp³-hybridized carbons (Fsp3) is 0.188. The van der Waals surface area contributed by atoms with Crippen molar-refractivity contribution in [2.24, 2.45) is 0 Å². The highest BCUT2D eigenvalue weighted by atomic mass is 127. The van der Waals surface area contributed by atoms with Gasteiger partial charge < -0.3 is 10.1 Å². The molecular weight excluding hydrogens is 365 g/mol. The molecule has 4 heteroatoms. The summed E-state index contributed by atoms with van der Waals surface area (Å²) in [6, 6.07) is 14.9. The standard InChI is InChI=1S/C16H16INO2/c1-11(2)20-13-9-7-12(8-10-13)18-16(19)14-5-3-4-6-15(14)17/h3-11H,1-2H3,(H,18,19). The number of rotatable bonds is 4. The van der Waals surface area contributed by atoms with Crippen LogP contribution in [0.3, 0.4) is 0 Å². The molecule has 104 valence electrons. The largest absolute Gasteiger partial charge is 0.491 e. The van der Waals surface area contributed by atoms with Gasteiger partial charge in [-0.25, -0.2) is 0 Å². The Bertz CT molecular complexity index is 594. The Morgan fingerprint density at radius 3 is 2.35 bits per heavy atom. The molecule has 3 nitrogen and oxygen atoms in total. The van der Waals surface area contributed by atoms with Crippen molar-refractivity contribution in [1.82, 2.24) is 0 Å². The average molecular weight is 381 g/mol. The van der Waals surface area contributed by atoms with Crippen LogP contribution in [0.25, 0.3) is 0 Å². The van der Waals surface area contributed by atoms with Gasteiger partial charge in [0.25, 0.3) is 5.91 Å². The Morgan fingerprint density at radius 2 is 1.75 bits per heavy atom. The van der Waals surface area contributed by atoms with Gasteiger partial charge in [0.1, 0.15) is 5.75 Å². The Hall–Kier alpha value is -1.56. The smallest absolute Gasteiger partial charge is 0.256 e. The summed E-state index contributed by atoms with van der Waals surface area (Å²) in [5, 5.41) is 2.88. The molecule has 0 fully saturated rings. The number of ether oxygens (including phenoxy) is 1. The van der Waals surface area contributed by atoms with Gasteiger partial charge in [-0.3, -0.25) is 4.79 Å². The second-order valence-electron chi connectivity index (χ2n) is 4.62. The van der Waals surface area contributed by atoms with E-state index < -0.39 is 0 Å². The number of benzene rings is 2. The molecule has 20 heavy (non-hydrogen) atoms. The highest BCUT2D eigenvalue weighted by molar-refractivity contribution is 14.1. The van der Waals surface area contributed by atoms with Gasteiger partial charge in [0, 0.05) is 9.26 Å². The third-order valence-corrected chi connectivity index (χ3v) is 3.54. The molecule has 0 aromatic heterocycles. The van der Waals surface area contributed by atoms with Crippen LogP contribution in [0.5, 0.6) is 5.75 Å². The lowest BCUT2D eigenvalue weighted by molar-refractivity contribution is 0.102. The summed E-state index contributed by atoms with van der Waals surface area (Å²) in [6.45, 7) is 3.96. The maximum atomic E-state index is 12.2. The van der Waals surface area contributed by atoms with E-state index >= 15 is 0 Å². The Morgan fingerprint density at radius 1 is 1.10 bits per heavy atom. The second kappa shape index (κ2) is 6.74. The molecule has 0 unspecified atom stereocenters. The fourth-order valence-corrected chi connectivity index (χ4v) is 2.37. The minimum atomic E-state index is -0.104. The molecule has 0 aliphatic carbocycles. The predicted octanol–water partition coefficient (Wildman–Crippen LogP) is 4.33. The molecule has 2 aromatic rings. The van der Waals surface area contributed by atoms with E-state index in [-0.39, 0.29) is 12.0 Å². The summed E-state index contributed by atoms with van der Waals surface area (Å²) in [5.74, 6) is 0.694. The molecule has 0 radical (unpaired) electrons. The fourth-order valence-electron chi connectivity index (χ4n) is 1.73. The van der Waals surface area contributed by atoms with Gasteiger partial charge in [-0.05, 0) is 72.8 Å². The first-order chi connectivity index (χ1) is 9.56. The highest BCUT2D eigenvalue weighted by Crippen LogP contribution is 2.18. The second-order valence-corrected chi connectivity index (χ2v) is 5.79. The first kappa shape index (κ1) is 14.8. The molecule has 2 rings (SSSR count). The molecule has 0 saturated heterocycles. The van der Waals surface area contributed by atoms with E-state index in [0.29, 0.717) is 5.56 Å². The lowest BCUT2D eigenvalue weighted by Crippen LogP contribution is -2.13. The molecule has 2 aromatic carbocycles. The van der Waals surface area contributed by atoms with Gasteiger partial charge in [-0.15, -0.1) is 0 Å². The van der Waals surface area contributed by atoms with Crippen molar-refractivity contribution in [3.63, 3.8) is 0 Å². The monoisotopic (exact) mass is 381 g/mol. The number of amides is 1. The lowest BCUT2D eigenvalue weighted by Gasteiger charge is -2.11. The zero-order valence-corrected chi connectivity index (χ0v) is 13.5. The van der Waals surface area contributed by atoms with Crippen molar-refractivity contribution < 1.29 is 9.53 Å². The zero-order valence-electron chi connectivity index (χ0n) is 11.4. The number of carbonyl (C=O) groups excluding carboxylic acids is 1. The van der Waals surface area contributed by atoms with Crippen molar-refractivity contribution in [2.45, 2.75) is 20.0 Å². The molecular formula is C16H16INO2. The van der Waals surface area contributed by atoms with Gasteiger partial charge in [0.2, 0.25) is 0 Å². The number of hydrogen-bond acceptors (Lipinski definition) is 2. The van der Waals surface area contributed by atoms with Crippen LogP contribution in [0.15, 0.2) is 48.5 Å². The third-order valence-electron chi connectivity index (χ3n) is 2.60. The number of hydrogen-bond donors (Lipinski definition) is 1. The molecule has 0 aliphatic heterocycles. The van der Waals surface area contributed by atoms with Crippen molar-refractivity contribution in [3.05, 3.63) is 57.7 Å². The van der Waals surface area contributed by atoms with E-state index in [1.807, 2.05) is 62.4 Å². The number of nitrogens with one attached hydrogen (secondary N) is 1. The van der Waals surface area contributed by atoms with Crippen LogP contribution in [0, 0.1) is 3.57 Å². The Balaban J connectivity index is 2.07. The summed E-state index contributed by atoms with van der Waals surface area (Å²) >= 11 is 2.16. The number of carbonyl (C=O) groups is 1. The maximum absolute atomic E-state index is 12.2. The maximum Gasteiger partial charge on any atom is 0.256 e. The predicted molar refractivity (Wildman–Crippen MR) is 89.3 cm³/mol. The van der Waals surface area contributed by atoms with Gasteiger partial charge in [-0.2, -0.15) is 0 Å². The topological polar surface area (TPSA) is 38.3 Å². The van der Waals surface area contributed by atoms with Gasteiger partial charge in [0.05, 0.1) is 11.7 Å². The van der Waals surface area contributed by atoms with Crippen LogP contribution in [-0.4, -0.2) is 12.0 Å². The van der Waals surface area contributed by atoms with Crippen LogP contribution in [0.2, 0.25) is 0 Å². The summed E-state index contributed by atoms with van der Waals surface area (Å²) in [7, 11) is 0. The molecule has 0 spiro atoms. The SMILES string of the molecule is CC(C)Oc1ccc(NC(=O)c2ccccc2I)cc1.